The number of amides is 2. The van der Waals surface area contributed by atoms with Crippen molar-refractivity contribution in [3.8, 4) is 0 Å². The Labute approximate surface area is 175 Å². The van der Waals surface area contributed by atoms with Crippen LogP contribution in [0.1, 0.15) is 33.4 Å². The van der Waals surface area contributed by atoms with E-state index in [9.17, 15) is 9.59 Å². The third kappa shape index (κ3) is 3.36. The van der Waals surface area contributed by atoms with Crippen LogP contribution >= 0.6 is 23.8 Å². The molecule has 2 aromatic carbocycles. The summed E-state index contributed by atoms with van der Waals surface area (Å²) in [5, 5.41) is 3.23. The van der Waals surface area contributed by atoms with E-state index in [1.54, 1.807) is 30.3 Å². The maximum Gasteiger partial charge on any atom is 0.270 e. The fourth-order valence-electron chi connectivity index (χ4n) is 3.37. The Kier molecular flexibility index (Phi) is 5.41. The molecule has 0 spiro atoms. The number of anilines is 1. The van der Waals surface area contributed by atoms with Gasteiger partial charge < -0.3 is 0 Å². The largest absolute Gasteiger partial charge is 0.298 e. The van der Waals surface area contributed by atoms with Gasteiger partial charge in [0, 0.05) is 5.02 Å². The summed E-state index contributed by atoms with van der Waals surface area (Å²) < 4.78 is 0. The number of carbonyl (C=O) groups excluding carboxylic acids is 2. The van der Waals surface area contributed by atoms with Crippen LogP contribution in [0.25, 0.3) is 6.08 Å². The predicted molar refractivity (Wildman–Crippen MR) is 118 cm³/mol. The Morgan fingerprint density at radius 3 is 1.93 bits per heavy atom. The molecule has 28 heavy (non-hydrogen) atoms. The van der Waals surface area contributed by atoms with E-state index in [4.69, 9.17) is 23.8 Å². The minimum atomic E-state index is -0.491. The Hall–Kier alpha value is -2.50. The number of hydrogen-bond donors (Lipinski definition) is 1. The van der Waals surface area contributed by atoms with Gasteiger partial charge in [-0.05, 0) is 111 Å². The molecule has 3 rings (SSSR count). The number of nitrogens with zero attached hydrogens (tertiary/aromatic N) is 1. The smallest absolute Gasteiger partial charge is 0.270 e. The van der Waals surface area contributed by atoms with E-state index in [2.05, 4.69) is 26.1 Å². The molecule has 0 bridgehead atoms. The summed E-state index contributed by atoms with van der Waals surface area (Å²) in [6.07, 6.45) is 1.67. The van der Waals surface area contributed by atoms with Gasteiger partial charge in [0.2, 0.25) is 0 Å². The molecule has 1 aliphatic heterocycles. The Bertz CT molecular complexity index is 1030. The predicted octanol–water partition coefficient (Wildman–Crippen LogP) is 4.71. The first kappa shape index (κ1) is 20.2. The Morgan fingerprint density at radius 2 is 1.39 bits per heavy atom. The zero-order chi connectivity index (χ0) is 20.7. The number of halogens is 1. The van der Waals surface area contributed by atoms with Crippen molar-refractivity contribution in [1.29, 1.82) is 0 Å². The van der Waals surface area contributed by atoms with Gasteiger partial charge in [-0.15, -0.1) is 0 Å². The van der Waals surface area contributed by atoms with Crippen molar-refractivity contribution >= 4 is 52.5 Å². The lowest BCUT2D eigenvalue weighted by atomic mass is 9.88. The first-order chi connectivity index (χ1) is 13.1. The summed E-state index contributed by atoms with van der Waals surface area (Å²) in [5.41, 5.74) is 7.14. The molecule has 0 aliphatic carbocycles. The van der Waals surface area contributed by atoms with Gasteiger partial charge in [-0.3, -0.25) is 19.8 Å². The monoisotopic (exact) mass is 412 g/mol. The van der Waals surface area contributed by atoms with Crippen LogP contribution in [0.2, 0.25) is 5.02 Å². The molecule has 4 nitrogen and oxygen atoms in total. The highest BCUT2D eigenvalue weighted by Gasteiger charge is 2.34. The van der Waals surface area contributed by atoms with E-state index in [-0.39, 0.29) is 10.7 Å². The molecular weight excluding hydrogens is 392 g/mol. The number of hydrogen-bond acceptors (Lipinski definition) is 3. The van der Waals surface area contributed by atoms with Crippen LogP contribution in [0, 0.1) is 34.6 Å². The van der Waals surface area contributed by atoms with Gasteiger partial charge in [0.1, 0.15) is 5.57 Å². The second-order valence-corrected chi connectivity index (χ2v) is 7.80. The standard InChI is InChI=1S/C22H21ClN2O2S/c1-11-12(2)14(4)18(15(5)13(11)3)10-19-20(26)24-22(28)25(21(19)27)17-8-6-16(23)7-9-17/h6-10H,1-5H3,(H,24,26,28)/b19-10-. The average Bonchev–Trinajstić information content (AvgIpc) is 2.65. The van der Waals surface area contributed by atoms with E-state index in [0.717, 1.165) is 27.8 Å². The molecule has 0 saturated carbocycles. The molecule has 1 fully saturated rings. The van der Waals surface area contributed by atoms with Crippen molar-refractivity contribution in [1.82, 2.24) is 5.32 Å². The van der Waals surface area contributed by atoms with Gasteiger partial charge in [-0.1, -0.05) is 11.6 Å². The molecule has 6 heteroatoms. The lowest BCUT2D eigenvalue weighted by Gasteiger charge is -2.29. The average molecular weight is 413 g/mol. The van der Waals surface area contributed by atoms with Crippen LogP contribution in [-0.2, 0) is 9.59 Å². The highest BCUT2D eigenvalue weighted by atomic mass is 35.5. The van der Waals surface area contributed by atoms with Crippen LogP contribution in [0.4, 0.5) is 5.69 Å². The Balaban J connectivity index is 2.14. The fraction of sp³-hybridized carbons (Fsp3) is 0.227. The molecule has 0 radical (unpaired) electrons. The molecule has 1 saturated heterocycles. The SMILES string of the molecule is Cc1c(C)c(C)c(/C=C2/C(=O)NC(=S)N(c3ccc(Cl)cc3)C2=O)c(C)c1C. The summed E-state index contributed by atoms with van der Waals surface area (Å²) >= 11 is 11.2. The van der Waals surface area contributed by atoms with E-state index >= 15 is 0 Å². The van der Waals surface area contributed by atoms with Gasteiger partial charge in [0.05, 0.1) is 5.69 Å². The van der Waals surface area contributed by atoms with Gasteiger partial charge >= 0.3 is 0 Å². The molecule has 2 aromatic rings. The van der Waals surface area contributed by atoms with Crippen molar-refractivity contribution in [3.05, 3.63) is 68.2 Å². The third-order valence-corrected chi connectivity index (χ3v) is 6.07. The quantitative estimate of drug-likeness (QED) is 0.441. The van der Waals surface area contributed by atoms with Gasteiger partial charge in [0.25, 0.3) is 11.8 Å². The molecule has 1 aliphatic rings. The van der Waals surface area contributed by atoms with Crippen LogP contribution in [0.5, 0.6) is 0 Å². The fourth-order valence-corrected chi connectivity index (χ4v) is 3.78. The van der Waals surface area contributed by atoms with Gasteiger partial charge in [0.15, 0.2) is 5.11 Å². The minimum Gasteiger partial charge on any atom is -0.298 e. The molecule has 0 aromatic heterocycles. The van der Waals surface area contributed by atoms with Crippen molar-refractivity contribution in [2.24, 2.45) is 0 Å². The summed E-state index contributed by atoms with van der Waals surface area (Å²) in [5.74, 6) is -0.944. The van der Waals surface area contributed by atoms with E-state index in [0.29, 0.717) is 10.7 Å². The van der Waals surface area contributed by atoms with Crippen molar-refractivity contribution in [2.75, 3.05) is 4.90 Å². The van der Waals surface area contributed by atoms with Crippen LogP contribution in [0.15, 0.2) is 29.8 Å². The van der Waals surface area contributed by atoms with Crippen LogP contribution < -0.4 is 10.2 Å². The van der Waals surface area contributed by atoms with E-state index in [1.165, 1.54) is 10.5 Å². The van der Waals surface area contributed by atoms with Crippen LogP contribution in [-0.4, -0.2) is 16.9 Å². The van der Waals surface area contributed by atoms with Crippen molar-refractivity contribution in [2.45, 2.75) is 34.6 Å². The highest BCUT2D eigenvalue weighted by molar-refractivity contribution is 7.80. The molecule has 1 heterocycles. The molecule has 2 amide bonds. The molecule has 144 valence electrons. The zero-order valence-corrected chi connectivity index (χ0v) is 18.0. The number of nitrogens with one attached hydrogen (secondary N) is 1. The lowest BCUT2D eigenvalue weighted by molar-refractivity contribution is -0.122. The second-order valence-electron chi connectivity index (χ2n) is 6.97. The van der Waals surface area contributed by atoms with Gasteiger partial charge in [-0.2, -0.15) is 0 Å². The third-order valence-electron chi connectivity index (χ3n) is 5.53. The maximum absolute atomic E-state index is 13.2. The number of carbonyl (C=O) groups is 2. The maximum atomic E-state index is 13.2. The summed E-state index contributed by atoms with van der Waals surface area (Å²) in [7, 11) is 0. The highest BCUT2D eigenvalue weighted by Crippen LogP contribution is 2.29. The topological polar surface area (TPSA) is 49.4 Å². The van der Waals surface area contributed by atoms with E-state index in [1.807, 2.05) is 13.8 Å². The molecular formula is C22H21ClN2O2S. The first-order valence-corrected chi connectivity index (χ1v) is 9.66. The van der Waals surface area contributed by atoms with Crippen molar-refractivity contribution < 1.29 is 9.59 Å². The molecule has 0 atom stereocenters. The van der Waals surface area contributed by atoms with Gasteiger partial charge in [-0.25, -0.2) is 0 Å². The molecule has 1 N–H and O–H groups in total. The summed E-state index contributed by atoms with van der Waals surface area (Å²) in [6.45, 7) is 10.2. The summed E-state index contributed by atoms with van der Waals surface area (Å²) in [6, 6.07) is 6.73. The summed E-state index contributed by atoms with van der Waals surface area (Å²) in [4.78, 5) is 27.1. The lowest BCUT2D eigenvalue weighted by Crippen LogP contribution is -2.54. The first-order valence-electron chi connectivity index (χ1n) is 8.87. The normalized spacial score (nSPS) is 16.0. The second kappa shape index (κ2) is 7.49. The minimum absolute atomic E-state index is 0.0532. The number of thiocarbonyl (C=S) groups is 1. The van der Waals surface area contributed by atoms with Crippen molar-refractivity contribution in [3.63, 3.8) is 0 Å². The Morgan fingerprint density at radius 1 is 0.893 bits per heavy atom. The number of benzene rings is 2. The van der Waals surface area contributed by atoms with Crippen LogP contribution in [0.3, 0.4) is 0 Å². The molecule has 0 unspecified atom stereocenters. The van der Waals surface area contributed by atoms with E-state index < -0.39 is 11.8 Å². The zero-order valence-electron chi connectivity index (χ0n) is 16.4. The number of rotatable bonds is 2.